The average Bonchev–Trinajstić information content (AvgIpc) is 3.33. The topological polar surface area (TPSA) is 52.1 Å². The SMILES string of the molecule is CCc1ccc(F)cc1F.COC(=O)c1cncc(C2=C(c3cc(C(F)(F)F)ccc3C)CCC2)n1. The Kier molecular flexibility index (Phi) is 8.55. The van der Waals surface area contributed by atoms with Gasteiger partial charge in [0.25, 0.3) is 0 Å². The Morgan fingerprint density at radius 3 is 2.39 bits per heavy atom. The van der Waals surface area contributed by atoms with Crippen LogP contribution in [0.1, 0.15) is 64.6 Å². The van der Waals surface area contributed by atoms with Crippen molar-refractivity contribution in [2.24, 2.45) is 0 Å². The number of ether oxygens (including phenoxy) is 1. The lowest BCUT2D eigenvalue weighted by Gasteiger charge is -2.14. The molecule has 0 amide bonds. The van der Waals surface area contributed by atoms with Crippen molar-refractivity contribution in [1.82, 2.24) is 9.97 Å². The molecule has 0 N–H and O–H groups in total. The van der Waals surface area contributed by atoms with Gasteiger partial charge in [-0.15, -0.1) is 0 Å². The monoisotopic (exact) mass is 504 g/mol. The number of halogens is 5. The molecule has 9 heteroatoms. The van der Waals surface area contributed by atoms with Gasteiger partial charge in [-0.25, -0.2) is 18.6 Å². The molecule has 1 heterocycles. The van der Waals surface area contributed by atoms with Crippen molar-refractivity contribution in [3.8, 4) is 0 Å². The number of esters is 1. The first-order chi connectivity index (χ1) is 17.0. The molecule has 1 aliphatic carbocycles. The van der Waals surface area contributed by atoms with Gasteiger partial charge in [0.05, 0.1) is 30.8 Å². The molecule has 0 atom stereocenters. The van der Waals surface area contributed by atoms with Crippen LogP contribution in [0.2, 0.25) is 0 Å². The van der Waals surface area contributed by atoms with Crippen LogP contribution < -0.4 is 0 Å². The zero-order chi connectivity index (χ0) is 26.5. The van der Waals surface area contributed by atoms with E-state index in [4.69, 9.17) is 0 Å². The first-order valence-electron chi connectivity index (χ1n) is 11.3. The molecule has 1 aromatic heterocycles. The van der Waals surface area contributed by atoms with Crippen molar-refractivity contribution < 1.29 is 31.5 Å². The van der Waals surface area contributed by atoms with E-state index in [0.29, 0.717) is 36.1 Å². The number of carbonyl (C=O) groups is 1. The van der Waals surface area contributed by atoms with Crippen LogP contribution in [0.5, 0.6) is 0 Å². The summed E-state index contributed by atoms with van der Waals surface area (Å²) in [6, 6.07) is 7.39. The summed E-state index contributed by atoms with van der Waals surface area (Å²) < 4.78 is 68.8. The van der Waals surface area contributed by atoms with Crippen molar-refractivity contribution in [1.29, 1.82) is 0 Å². The van der Waals surface area contributed by atoms with Crippen molar-refractivity contribution in [3.05, 3.63) is 94.1 Å². The van der Waals surface area contributed by atoms with Crippen LogP contribution in [0, 0.1) is 18.6 Å². The maximum Gasteiger partial charge on any atom is 0.416 e. The van der Waals surface area contributed by atoms with Gasteiger partial charge in [-0.1, -0.05) is 19.1 Å². The van der Waals surface area contributed by atoms with E-state index in [1.54, 1.807) is 6.92 Å². The van der Waals surface area contributed by atoms with Gasteiger partial charge in [-0.05, 0) is 78.6 Å². The standard InChI is InChI=1S/C19H17F3N2O2.C8H8F2/c1-11-6-7-12(19(20,21)22)8-15(11)13-4-3-5-14(13)16-9-23-10-17(24-16)18(25)26-2;1-2-6-3-4-7(9)5-8(6)10/h6-10H,3-5H2,1-2H3;3-5H,2H2,1H3. The average molecular weight is 504 g/mol. The number of hydrogen-bond donors (Lipinski definition) is 0. The predicted octanol–water partition coefficient (Wildman–Crippen LogP) is 7.21. The van der Waals surface area contributed by atoms with Crippen LogP contribution in [0.15, 0.2) is 48.8 Å². The summed E-state index contributed by atoms with van der Waals surface area (Å²) in [7, 11) is 1.25. The van der Waals surface area contributed by atoms with Crippen molar-refractivity contribution >= 4 is 17.1 Å². The Hall–Kier alpha value is -3.62. The molecule has 2 aromatic carbocycles. The Balaban J connectivity index is 0.000000303. The van der Waals surface area contributed by atoms with Gasteiger partial charge in [0.2, 0.25) is 0 Å². The zero-order valence-electron chi connectivity index (χ0n) is 20.0. The fourth-order valence-electron chi connectivity index (χ4n) is 3.97. The number of allylic oxidation sites excluding steroid dienone is 2. The summed E-state index contributed by atoms with van der Waals surface area (Å²) >= 11 is 0. The van der Waals surface area contributed by atoms with Gasteiger partial charge in [-0.3, -0.25) is 4.98 Å². The van der Waals surface area contributed by atoms with Crippen LogP contribution in [-0.4, -0.2) is 23.0 Å². The van der Waals surface area contributed by atoms with E-state index in [1.807, 2.05) is 6.92 Å². The minimum absolute atomic E-state index is 0.0736. The number of carbonyl (C=O) groups excluding carboxylic acids is 1. The second-order valence-corrected chi connectivity index (χ2v) is 8.21. The molecule has 4 rings (SSSR count). The molecule has 0 saturated heterocycles. The van der Waals surface area contributed by atoms with Gasteiger partial charge < -0.3 is 4.74 Å². The highest BCUT2D eigenvalue weighted by Crippen LogP contribution is 2.41. The van der Waals surface area contributed by atoms with E-state index in [9.17, 15) is 26.7 Å². The van der Waals surface area contributed by atoms with Gasteiger partial charge in [0.1, 0.15) is 11.6 Å². The third kappa shape index (κ3) is 6.33. The molecule has 4 nitrogen and oxygen atoms in total. The van der Waals surface area contributed by atoms with Gasteiger partial charge in [-0.2, -0.15) is 13.2 Å². The molecule has 0 unspecified atom stereocenters. The molecule has 0 radical (unpaired) electrons. The van der Waals surface area contributed by atoms with Gasteiger partial charge in [0, 0.05) is 6.07 Å². The van der Waals surface area contributed by atoms with Crippen LogP contribution in [0.3, 0.4) is 0 Å². The predicted molar refractivity (Wildman–Crippen MR) is 126 cm³/mol. The number of rotatable bonds is 4. The van der Waals surface area contributed by atoms with E-state index in [2.05, 4.69) is 14.7 Å². The lowest BCUT2D eigenvalue weighted by atomic mass is 9.94. The fourth-order valence-corrected chi connectivity index (χ4v) is 3.97. The molecule has 0 bridgehead atoms. The van der Waals surface area contributed by atoms with Crippen LogP contribution in [0.4, 0.5) is 22.0 Å². The van der Waals surface area contributed by atoms with Gasteiger partial charge in [0.15, 0.2) is 5.69 Å². The van der Waals surface area contributed by atoms with E-state index < -0.39 is 29.3 Å². The Labute approximate surface area is 205 Å². The van der Waals surface area contributed by atoms with E-state index in [-0.39, 0.29) is 5.69 Å². The number of hydrogen-bond acceptors (Lipinski definition) is 4. The van der Waals surface area contributed by atoms with Crippen LogP contribution >= 0.6 is 0 Å². The lowest BCUT2D eigenvalue weighted by molar-refractivity contribution is -0.137. The second kappa shape index (κ2) is 11.4. The number of methoxy groups -OCH3 is 1. The first-order valence-corrected chi connectivity index (χ1v) is 11.3. The number of aryl methyl sites for hydroxylation is 2. The fraction of sp³-hybridized carbons (Fsp3) is 0.296. The molecule has 0 fully saturated rings. The number of nitrogens with zero attached hydrogens (tertiary/aromatic N) is 2. The molecule has 0 aliphatic heterocycles. The maximum absolute atomic E-state index is 13.1. The molecule has 190 valence electrons. The normalized spacial score (nSPS) is 13.3. The molecule has 0 saturated carbocycles. The molecular weight excluding hydrogens is 479 g/mol. The highest BCUT2D eigenvalue weighted by molar-refractivity contribution is 5.93. The van der Waals surface area contributed by atoms with Crippen molar-refractivity contribution in [3.63, 3.8) is 0 Å². The zero-order valence-corrected chi connectivity index (χ0v) is 20.0. The Morgan fingerprint density at radius 1 is 1.03 bits per heavy atom. The van der Waals surface area contributed by atoms with Gasteiger partial charge >= 0.3 is 12.1 Å². The van der Waals surface area contributed by atoms with E-state index in [0.717, 1.165) is 35.3 Å². The van der Waals surface area contributed by atoms with Crippen molar-refractivity contribution in [2.45, 2.75) is 45.7 Å². The molecule has 1 aliphatic rings. The third-order valence-electron chi connectivity index (χ3n) is 5.84. The Morgan fingerprint density at radius 2 is 1.75 bits per heavy atom. The number of benzene rings is 2. The number of alkyl halides is 3. The summed E-state index contributed by atoms with van der Waals surface area (Å²) in [4.78, 5) is 20.0. The minimum atomic E-state index is -4.40. The summed E-state index contributed by atoms with van der Waals surface area (Å²) in [5.41, 5.74) is 3.44. The quantitative estimate of drug-likeness (QED) is 0.278. The number of aromatic nitrogens is 2. The summed E-state index contributed by atoms with van der Waals surface area (Å²) in [5.74, 6) is -1.58. The minimum Gasteiger partial charge on any atom is -0.464 e. The van der Waals surface area contributed by atoms with Crippen LogP contribution in [0.25, 0.3) is 11.1 Å². The second-order valence-electron chi connectivity index (χ2n) is 8.21. The lowest BCUT2D eigenvalue weighted by Crippen LogP contribution is -2.07. The third-order valence-corrected chi connectivity index (χ3v) is 5.84. The molecule has 0 spiro atoms. The summed E-state index contributed by atoms with van der Waals surface area (Å²) in [5, 5.41) is 0. The summed E-state index contributed by atoms with van der Waals surface area (Å²) in [6.07, 6.45) is 1.17. The maximum atomic E-state index is 13.1. The molecule has 36 heavy (non-hydrogen) atoms. The largest absolute Gasteiger partial charge is 0.464 e. The molecule has 3 aromatic rings. The Bertz CT molecular complexity index is 1290. The highest BCUT2D eigenvalue weighted by Gasteiger charge is 2.32. The molecular formula is C27H25F5N2O2. The van der Waals surface area contributed by atoms with Crippen LogP contribution in [-0.2, 0) is 17.3 Å². The summed E-state index contributed by atoms with van der Waals surface area (Å²) in [6.45, 7) is 3.62. The highest BCUT2D eigenvalue weighted by atomic mass is 19.4. The smallest absolute Gasteiger partial charge is 0.416 e. The van der Waals surface area contributed by atoms with E-state index in [1.165, 1.54) is 43.8 Å². The van der Waals surface area contributed by atoms with E-state index >= 15 is 0 Å². The van der Waals surface area contributed by atoms with Crippen molar-refractivity contribution in [2.75, 3.05) is 7.11 Å². The first kappa shape index (κ1) is 27.0.